The van der Waals surface area contributed by atoms with Crippen LogP contribution in [0.5, 0.6) is 11.5 Å². The van der Waals surface area contributed by atoms with E-state index in [0.717, 1.165) is 6.54 Å². The summed E-state index contributed by atoms with van der Waals surface area (Å²) in [6, 6.07) is 30.1. The van der Waals surface area contributed by atoms with Crippen LogP contribution in [0.15, 0.2) is 97.1 Å². The predicted octanol–water partition coefficient (Wildman–Crippen LogP) is 6.36. The average molecular weight is 623 g/mol. The van der Waals surface area contributed by atoms with Crippen molar-refractivity contribution in [3.8, 4) is 22.6 Å². The van der Waals surface area contributed by atoms with Crippen molar-refractivity contribution in [3.63, 3.8) is 0 Å². The Kier molecular flexibility index (Phi) is 10.6. The van der Waals surface area contributed by atoms with Gasteiger partial charge in [-0.3, -0.25) is 9.69 Å². The van der Waals surface area contributed by atoms with Gasteiger partial charge in [0.1, 0.15) is 17.6 Å². The lowest BCUT2D eigenvalue weighted by Crippen LogP contribution is -2.49. The third-order valence-electron chi connectivity index (χ3n) is 8.28. The molecule has 0 saturated heterocycles. The summed E-state index contributed by atoms with van der Waals surface area (Å²) in [5, 5.41) is 15.6. The van der Waals surface area contributed by atoms with Crippen molar-refractivity contribution >= 4 is 23.3 Å². The minimum Gasteiger partial charge on any atom is -0.497 e. The van der Waals surface area contributed by atoms with Gasteiger partial charge >= 0.3 is 6.03 Å². The largest absolute Gasteiger partial charge is 0.497 e. The van der Waals surface area contributed by atoms with E-state index in [-0.39, 0.29) is 24.5 Å². The van der Waals surface area contributed by atoms with Crippen LogP contribution in [0.3, 0.4) is 0 Å². The molecule has 3 amide bonds. The van der Waals surface area contributed by atoms with E-state index in [1.54, 1.807) is 54.5 Å². The number of amides is 3. The van der Waals surface area contributed by atoms with Crippen LogP contribution in [0, 0.1) is 5.92 Å². The number of hydrogen-bond donors (Lipinski definition) is 3. The van der Waals surface area contributed by atoms with Crippen LogP contribution in [0.25, 0.3) is 11.1 Å². The molecule has 46 heavy (non-hydrogen) atoms. The lowest BCUT2D eigenvalue weighted by atomic mass is 9.99. The third kappa shape index (κ3) is 8.04. The number of carbonyl (C=O) groups is 2. The molecule has 240 valence electrons. The topological polar surface area (TPSA) is 103 Å². The molecule has 9 heteroatoms. The van der Waals surface area contributed by atoms with Gasteiger partial charge < -0.3 is 30.1 Å². The number of aliphatic hydroxyl groups is 1. The summed E-state index contributed by atoms with van der Waals surface area (Å²) in [4.78, 5) is 30.5. The normalized spacial score (nSPS) is 16.9. The SMILES string of the molecule is COc1ccc(NC(=O)Nc2ccc3c(c2)C(=O)N([C@H](C)CO)C[C@@H](C)[C@@H](CN(C)Cc2ccc(-c4ccccc4)cc2)O3)cc1. The summed E-state index contributed by atoms with van der Waals surface area (Å²) >= 11 is 0. The predicted molar refractivity (Wildman–Crippen MR) is 181 cm³/mol. The molecule has 0 fully saturated rings. The van der Waals surface area contributed by atoms with Crippen LogP contribution in [-0.2, 0) is 6.54 Å². The molecule has 0 bridgehead atoms. The number of nitrogens with zero attached hydrogens (tertiary/aromatic N) is 2. The molecule has 3 atom stereocenters. The van der Waals surface area contributed by atoms with Gasteiger partial charge in [-0.1, -0.05) is 61.5 Å². The highest BCUT2D eigenvalue weighted by atomic mass is 16.5. The number of nitrogens with one attached hydrogen (secondary N) is 2. The molecule has 1 heterocycles. The van der Waals surface area contributed by atoms with Crippen molar-refractivity contribution in [2.24, 2.45) is 5.92 Å². The molecule has 1 aliphatic rings. The van der Waals surface area contributed by atoms with Crippen molar-refractivity contribution in [2.75, 3.05) is 44.5 Å². The van der Waals surface area contributed by atoms with E-state index < -0.39 is 12.1 Å². The molecular formula is C37H42N4O5. The van der Waals surface area contributed by atoms with Crippen LogP contribution in [0.2, 0.25) is 0 Å². The first-order valence-electron chi connectivity index (χ1n) is 15.5. The number of urea groups is 1. The summed E-state index contributed by atoms with van der Waals surface area (Å²) in [6.45, 7) is 5.51. The summed E-state index contributed by atoms with van der Waals surface area (Å²) < 4.78 is 11.7. The Morgan fingerprint density at radius 1 is 0.978 bits per heavy atom. The Morgan fingerprint density at radius 2 is 1.63 bits per heavy atom. The molecule has 0 unspecified atom stereocenters. The number of aliphatic hydroxyl groups excluding tert-OH is 1. The van der Waals surface area contributed by atoms with Gasteiger partial charge in [0.05, 0.1) is 25.3 Å². The molecule has 0 saturated carbocycles. The molecule has 1 aliphatic heterocycles. The maximum absolute atomic E-state index is 13.8. The van der Waals surface area contributed by atoms with Gasteiger partial charge in [0.25, 0.3) is 5.91 Å². The molecule has 3 N–H and O–H groups in total. The lowest BCUT2D eigenvalue weighted by Gasteiger charge is -2.38. The van der Waals surface area contributed by atoms with Crippen molar-refractivity contribution in [1.29, 1.82) is 0 Å². The Morgan fingerprint density at radius 3 is 2.30 bits per heavy atom. The molecule has 4 aromatic rings. The van der Waals surface area contributed by atoms with E-state index in [1.165, 1.54) is 16.7 Å². The van der Waals surface area contributed by atoms with Crippen molar-refractivity contribution in [1.82, 2.24) is 9.80 Å². The smallest absolute Gasteiger partial charge is 0.323 e. The standard InChI is InChI=1S/C37H42N4O5/c1-25-21-41(26(2)24-42)36(43)33-20-31(39-37(44)38-30-14-17-32(45-4)18-15-30)16-19-34(33)46-35(25)23-40(3)22-27-10-12-29(13-11-27)28-8-6-5-7-9-28/h5-20,25-26,35,42H,21-24H2,1-4H3,(H2,38,39,44)/t25-,26-,35-/m1/s1. The fraction of sp³-hybridized carbons (Fsp3) is 0.297. The Bertz CT molecular complexity index is 1610. The average Bonchev–Trinajstić information content (AvgIpc) is 3.07. The van der Waals surface area contributed by atoms with Gasteiger partial charge in [0, 0.05) is 36.9 Å². The first-order valence-corrected chi connectivity index (χ1v) is 15.5. The first kappa shape index (κ1) is 32.5. The number of carbonyl (C=O) groups excluding carboxylic acids is 2. The number of methoxy groups -OCH3 is 1. The van der Waals surface area contributed by atoms with Gasteiger partial charge in [-0.25, -0.2) is 4.79 Å². The van der Waals surface area contributed by atoms with Crippen LogP contribution in [0.4, 0.5) is 16.2 Å². The first-order chi connectivity index (χ1) is 22.2. The van der Waals surface area contributed by atoms with E-state index in [4.69, 9.17) is 9.47 Å². The quantitative estimate of drug-likeness (QED) is 0.190. The molecule has 0 aromatic heterocycles. The Hall–Kier alpha value is -4.86. The second-order valence-electron chi connectivity index (χ2n) is 11.9. The highest BCUT2D eigenvalue weighted by Gasteiger charge is 2.33. The number of rotatable bonds is 10. The Labute approximate surface area is 270 Å². The van der Waals surface area contributed by atoms with E-state index in [2.05, 4.69) is 65.9 Å². The van der Waals surface area contributed by atoms with Gasteiger partial charge in [0.2, 0.25) is 0 Å². The highest BCUT2D eigenvalue weighted by Crippen LogP contribution is 2.31. The Balaban J connectivity index is 1.31. The molecule has 9 nitrogen and oxygen atoms in total. The summed E-state index contributed by atoms with van der Waals surface area (Å²) in [5.41, 5.74) is 4.93. The van der Waals surface area contributed by atoms with E-state index >= 15 is 0 Å². The lowest BCUT2D eigenvalue weighted by molar-refractivity contribution is 0.0341. The maximum atomic E-state index is 13.8. The number of ether oxygens (including phenoxy) is 2. The highest BCUT2D eigenvalue weighted by molar-refractivity contribution is 6.02. The molecule has 0 aliphatic carbocycles. The van der Waals surface area contributed by atoms with Crippen molar-refractivity contribution < 1.29 is 24.2 Å². The summed E-state index contributed by atoms with van der Waals surface area (Å²) in [5.74, 6) is 0.859. The van der Waals surface area contributed by atoms with Crippen LogP contribution in [0.1, 0.15) is 29.8 Å². The summed E-state index contributed by atoms with van der Waals surface area (Å²) in [6.07, 6.45) is -0.231. The molecule has 5 rings (SSSR count). The van der Waals surface area contributed by atoms with Crippen LogP contribution >= 0.6 is 0 Å². The summed E-state index contributed by atoms with van der Waals surface area (Å²) in [7, 11) is 3.64. The fourth-order valence-corrected chi connectivity index (χ4v) is 5.60. The molecule has 0 radical (unpaired) electrons. The number of fused-ring (bicyclic) bond motifs is 1. The van der Waals surface area contributed by atoms with Gasteiger partial charge in [-0.15, -0.1) is 0 Å². The van der Waals surface area contributed by atoms with E-state index in [0.29, 0.717) is 41.5 Å². The number of anilines is 2. The van der Waals surface area contributed by atoms with Crippen molar-refractivity contribution in [3.05, 3.63) is 108 Å². The van der Waals surface area contributed by atoms with Crippen LogP contribution in [-0.4, -0.2) is 72.8 Å². The number of benzene rings is 4. The van der Waals surface area contributed by atoms with E-state index in [1.807, 2.05) is 25.1 Å². The zero-order chi connectivity index (χ0) is 32.6. The number of hydrogen-bond acceptors (Lipinski definition) is 6. The zero-order valence-electron chi connectivity index (χ0n) is 26.8. The van der Waals surface area contributed by atoms with Gasteiger partial charge in [-0.2, -0.15) is 0 Å². The molecular weight excluding hydrogens is 580 g/mol. The van der Waals surface area contributed by atoms with Crippen LogP contribution < -0.4 is 20.1 Å². The fourth-order valence-electron chi connectivity index (χ4n) is 5.60. The van der Waals surface area contributed by atoms with Gasteiger partial charge in [0.15, 0.2) is 0 Å². The third-order valence-corrected chi connectivity index (χ3v) is 8.28. The van der Waals surface area contributed by atoms with E-state index in [9.17, 15) is 14.7 Å². The monoisotopic (exact) mass is 622 g/mol. The second-order valence-corrected chi connectivity index (χ2v) is 11.9. The second kappa shape index (κ2) is 14.9. The van der Waals surface area contributed by atoms with Crippen molar-refractivity contribution in [2.45, 2.75) is 32.5 Å². The molecule has 4 aromatic carbocycles. The minimum absolute atomic E-state index is 0.0120. The minimum atomic E-state index is -0.449. The maximum Gasteiger partial charge on any atom is 0.323 e. The number of likely N-dealkylation sites (N-methyl/N-ethyl adjacent to an activating group) is 1. The van der Waals surface area contributed by atoms with Gasteiger partial charge in [-0.05, 0) is 73.1 Å². The molecule has 0 spiro atoms. The zero-order valence-corrected chi connectivity index (χ0v) is 26.8.